The number of hydrogen-bond donors (Lipinski definition) is 2. The molecule has 0 aromatic heterocycles. The van der Waals surface area contributed by atoms with E-state index in [0.717, 1.165) is 25.9 Å². The van der Waals surface area contributed by atoms with E-state index in [1.54, 1.807) is 0 Å². The highest BCUT2D eigenvalue weighted by atomic mass is 16.5. The molecule has 2 saturated carbocycles. The summed E-state index contributed by atoms with van der Waals surface area (Å²) in [5, 5.41) is 3.24. The second-order valence-electron chi connectivity index (χ2n) is 6.74. The zero-order valence-corrected chi connectivity index (χ0v) is 13.0. The van der Waals surface area contributed by atoms with Gasteiger partial charge in [0, 0.05) is 24.6 Å². The predicted octanol–water partition coefficient (Wildman–Crippen LogP) is 1.35. The van der Waals surface area contributed by atoms with Gasteiger partial charge in [-0.2, -0.15) is 0 Å². The molecule has 21 heavy (non-hydrogen) atoms. The highest BCUT2D eigenvalue weighted by molar-refractivity contribution is 5.81. The molecule has 1 spiro atoms. The number of carbonyl (C=O) groups is 1. The summed E-state index contributed by atoms with van der Waals surface area (Å²) < 4.78 is 11.6. The minimum Gasteiger partial charge on any atom is -0.378 e. The third-order valence-electron chi connectivity index (χ3n) is 5.67. The van der Waals surface area contributed by atoms with Crippen molar-refractivity contribution in [2.75, 3.05) is 13.2 Å². The van der Waals surface area contributed by atoms with Crippen molar-refractivity contribution in [1.29, 1.82) is 0 Å². The molecule has 1 heterocycles. The van der Waals surface area contributed by atoms with Crippen LogP contribution in [0.2, 0.25) is 0 Å². The van der Waals surface area contributed by atoms with Crippen molar-refractivity contribution < 1.29 is 14.3 Å². The summed E-state index contributed by atoms with van der Waals surface area (Å²) in [6.45, 7) is 3.31. The Morgan fingerprint density at radius 2 is 2.14 bits per heavy atom. The first-order valence-corrected chi connectivity index (χ1v) is 8.47. The SMILES string of the molecule is CCOC1CC(NC(=O)[C@@H]2CC[C@H](CN)O2)C12CCCC2. The Balaban J connectivity index is 1.56. The number of rotatable bonds is 5. The van der Waals surface area contributed by atoms with Gasteiger partial charge in [-0.1, -0.05) is 12.8 Å². The van der Waals surface area contributed by atoms with Crippen LogP contribution in [-0.2, 0) is 14.3 Å². The Bertz CT molecular complexity index is 382. The highest BCUT2D eigenvalue weighted by Crippen LogP contribution is 2.54. The number of carbonyl (C=O) groups excluding carboxylic acids is 1. The van der Waals surface area contributed by atoms with Crippen molar-refractivity contribution in [2.24, 2.45) is 11.1 Å². The van der Waals surface area contributed by atoms with Crippen LogP contribution in [0.5, 0.6) is 0 Å². The number of hydrogen-bond acceptors (Lipinski definition) is 4. The van der Waals surface area contributed by atoms with Crippen LogP contribution in [0.3, 0.4) is 0 Å². The number of ether oxygens (including phenoxy) is 2. The fourth-order valence-corrected chi connectivity index (χ4v) is 4.43. The van der Waals surface area contributed by atoms with Gasteiger partial charge < -0.3 is 20.5 Å². The number of amides is 1. The van der Waals surface area contributed by atoms with E-state index in [4.69, 9.17) is 15.2 Å². The van der Waals surface area contributed by atoms with E-state index in [9.17, 15) is 4.79 Å². The molecule has 2 aliphatic carbocycles. The first-order chi connectivity index (χ1) is 10.2. The van der Waals surface area contributed by atoms with Crippen molar-refractivity contribution >= 4 is 5.91 Å². The van der Waals surface area contributed by atoms with E-state index in [1.165, 1.54) is 25.7 Å². The molecule has 3 fully saturated rings. The number of nitrogens with one attached hydrogen (secondary N) is 1. The Morgan fingerprint density at radius 1 is 1.38 bits per heavy atom. The minimum atomic E-state index is -0.303. The van der Waals surface area contributed by atoms with Gasteiger partial charge >= 0.3 is 0 Å². The minimum absolute atomic E-state index is 0.0529. The molecule has 3 aliphatic rings. The molecule has 2 unspecified atom stereocenters. The lowest BCUT2D eigenvalue weighted by molar-refractivity contribution is -0.150. The molecule has 0 bridgehead atoms. The van der Waals surface area contributed by atoms with Crippen molar-refractivity contribution in [3.05, 3.63) is 0 Å². The zero-order chi connectivity index (χ0) is 14.9. The van der Waals surface area contributed by atoms with Gasteiger partial charge in [0.15, 0.2) is 0 Å². The lowest BCUT2D eigenvalue weighted by Gasteiger charge is -2.54. The summed E-state index contributed by atoms with van der Waals surface area (Å²) in [7, 11) is 0. The van der Waals surface area contributed by atoms with Crippen LogP contribution in [0, 0.1) is 5.41 Å². The second kappa shape index (κ2) is 6.23. The van der Waals surface area contributed by atoms with Gasteiger partial charge in [-0.15, -0.1) is 0 Å². The van der Waals surface area contributed by atoms with Crippen LogP contribution in [0.25, 0.3) is 0 Å². The van der Waals surface area contributed by atoms with Gasteiger partial charge in [0.05, 0.1) is 12.2 Å². The smallest absolute Gasteiger partial charge is 0.249 e. The van der Waals surface area contributed by atoms with E-state index in [2.05, 4.69) is 5.32 Å². The van der Waals surface area contributed by atoms with Gasteiger partial charge in [0.25, 0.3) is 0 Å². The van der Waals surface area contributed by atoms with Crippen molar-refractivity contribution in [3.8, 4) is 0 Å². The highest BCUT2D eigenvalue weighted by Gasteiger charge is 2.57. The number of nitrogens with two attached hydrogens (primary N) is 1. The normalized spacial score (nSPS) is 37.6. The second-order valence-corrected chi connectivity index (χ2v) is 6.74. The largest absolute Gasteiger partial charge is 0.378 e. The van der Waals surface area contributed by atoms with Gasteiger partial charge in [-0.05, 0) is 39.0 Å². The molecule has 0 aromatic rings. The van der Waals surface area contributed by atoms with Crippen LogP contribution in [0.1, 0.15) is 51.9 Å². The van der Waals surface area contributed by atoms with Crippen molar-refractivity contribution in [2.45, 2.75) is 76.2 Å². The topological polar surface area (TPSA) is 73.6 Å². The van der Waals surface area contributed by atoms with Gasteiger partial charge in [-0.3, -0.25) is 4.79 Å². The summed E-state index contributed by atoms with van der Waals surface area (Å²) >= 11 is 0. The van der Waals surface area contributed by atoms with Crippen LogP contribution in [0.4, 0.5) is 0 Å². The zero-order valence-electron chi connectivity index (χ0n) is 13.0. The van der Waals surface area contributed by atoms with E-state index < -0.39 is 0 Å². The molecule has 1 saturated heterocycles. The Morgan fingerprint density at radius 3 is 2.76 bits per heavy atom. The fraction of sp³-hybridized carbons (Fsp3) is 0.938. The maximum absolute atomic E-state index is 12.4. The molecule has 0 radical (unpaired) electrons. The lowest BCUT2D eigenvalue weighted by atomic mass is 9.60. The van der Waals surface area contributed by atoms with Crippen LogP contribution in [0.15, 0.2) is 0 Å². The maximum Gasteiger partial charge on any atom is 0.249 e. The van der Waals surface area contributed by atoms with Crippen LogP contribution < -0.4 is 11.1 Å². The summed E-state index contributed by atoms with van der Waals surface area (Å²) in [6.07, 6.45) is 7.59. The van der Waals surface area contributed by atoms with Crippen LogP contribution >= 0.6 is 0 Å². The Labute approximate surface area is 126 Å². The third-order valence-corrected chi connectivity index (χ3v) is 5.67. The molecule has 5 heteroatoms. The monoisotopic (exact) mass is 296 g/mol. The molecular formula is C16H28N2O3. The quantitative estimate of drug-likeness (QED) is 0.803. The molecule has 1 amide bonds. The van der Waals surface area contributed by atoms with Crippen LogP contribution in [-0.4, -0.2) is 43.4 Å². The van der Waals surface area contributed by atoms with E-state index in [-0.39, 0.29) is 29.6 Å². The molecule has 120 valence electrons. The van der Waals surface area contributed by atoms with E-state index in [1.807, 2.05) is 6.92 Å². The maximum atomic E-state index is 12.4. The van der Waals surface area contributed by atoms with E-state index >= 15 is 0 Å². The predicted molar refractivity (Wildman–Crippen MR) is 79.8 cm³/mol. The molecule has 5 nitrogen and oxygen atoms in total. The average molecular weight is 296 g/mol. The van der Waals surface area contributed by atoms with Crippen molar-refractivity contribution in [3.63, 3.8) is 0 Å². The first kappa shape index (κ1) is 15.3. The Kier molecular flexibility index (Phi) is 4.52. The Hall–Kier alpha value is -0.650. The van der Waals surface area contributed by atoms with Crippen molar-refractivity contribution in [1.82, 2.24) is 5.32 Å². The fourth-order valence-electron chi connectivity index (χ4n) is 4.43. The molecule has 4 atom stereocenters. The summed E-state index contributed by atoms with van der Waals surface area (Å²) in [5.41, 5.74) is 5.80. The molecule has 0 aromatic carbocycles. The lowest BCUT2D eigenvalue weighted by Crippen LogP contribution is -2.64. The van der Waals surface area contributed by atoms with E-state index in [0.29, 0.717) is 12.6 Å². The van der Waals surface area contributed by atoms with Gasteiger partial charge in [0.1, 0.15) is 6.10 Å². The molecular weight excluding hydrogens is 268 g/mol. The average Bonchev–Trinajstić information content (AvgIpc) is 3.16. The third kappa shape index (κ3) is 2.71. The summed E-state index contributed by atoms with van der Waals surface area (Å²) in [6, 6.07) is 0.268. The molecule has 3 rings (SSSR count). The van der Waals surface area contributed by atoms with Gasteiger partial charge in [0.2, 0.25) is 5.91 Å². The molecule has 1 aliphatic heterocycles. The summed E-state index contributed by atoms with van der Waals surface area (Å²) in [4.78, 5) is 12.4. The summed E-state index contributed by atoms with van der Waals surface area (Å²) in [5.74, 6) is 0.0529. The molecule has 3 N–H and O–H groups in total. The standard InChI is InChI=1S/C16H28N2O3/c1-2-20-14-9-13(16(14)7-3-4-8-16)18-15(19)12-6-5-11(10-17)21-12/h11-14H,2-10,17H2,1H3,(H,18,19)/t11-,12+,13?,14?/m1/s1. The first-order valence-electron chi connectivity index (χ1n) is 8.47. The van der Waals surface area contributed by atoms with Gasteiger partial charge in [-0.25, -0.2) is 0 Å².